The van der Waals surface area contributed by atoms with Gasteiger partial charge in [0.2, 0.25) is 0 Å². The molecule has 104 valence electrons. The van der Waals surface area contributed by atoms with Crippen LogP contribution in [0.2, 0.25) is 0 Å². The van der Waals surface area contributed by atoms with Crippen LogP contribution >= 0.6 is 0 Å². The molecule has 0 heterocycles. The molecule has 6 nitrogen and oxygen atoms in total. The van der Waals surface area contributed by atoms with Gasteiger partial charge in [0.15, 0.2) is 0 Å². The minimum Gasteiger partial charge on any atom is -0.481 e. The summed E-state index contributed by atoms with van der Waals surface area (Å²) >= 11 is 0. The zero-order valence-electron chi connectivity index (χ0n) is 10.9. The second-order valence-corrected chi connectivity index (χ2v) is 4.65. The summed E-state index contributed by atoms with van der Waals surface area (Å²) in [6.07, 6.45) is 2.84. The largest absolute Gasteiger partial charge is 0.481 e. The van der Waals surface area contributed by atoms with E-state index in [2.05, 4.69) is 16.0 Å². The van der Waals surface area contributed by atoms with Crippen LogP contribution in [0.5, 0.6) is 0 Å². The maximum absolute atomic E-state index is 11.5. The molecule has 0 saturated heterocycles. The van der Waals surface area contributed by atoms with Crippen LogP contribution in [0.1, 0.15) is 32.6 Å². The van der Waals surface area contributed by atoms with Crippen molar-refractivity contribution in [1.29, 1.82) is 0 Å². The van der Waals surface area contributed by atoms with Crippen molar-refractivity contribution in [2.24, 2.45) is 5.92 Å². The number of rotatable bonds is 7. The predicted molar refractivity (Wildman–Crippen MR) is 68.5 cm³/mol. The molecular weight excluding hydrogens is 234 g/mol. The van der Waals surface area contributed by atoms with Gasteiger partial charge >= 0.3 is 12.0 Å². The Hall–Kier alpha value is -1.30. The quantitative estimate of drug-likeness (QED) is 0.501. The minimum absolute atomic E-state index is 0.000123. The van der Waals surface area contributed by atoms with Crippen molar-refractivity contribution in [3.05, 3.63) is 0 Å². The van der Waals surface area contributed by atoms with Crippen LogP contribution in [-0.4, -0.2) is 42.8 Å². The fraction of sp³-hybridized carbons (Fsp3) is 0.833. The molecule has 0 aromatic carbocycles. The van der Waals surface area contributed by atoms with E-state index in [9.17, 15) is 9.59 Å². The Labute approximate surface area is 108 Å². The van der Waals surface area contributed by atoms with Crippen LogP contribution in [0.25, 0.3) is 0 Å². The molecule has 4 N–H and O–H groups in total. The highest BCUT2D eigenvalue weighted by molar-refractivity contribution is 5.75. The van der Waals surface area contributed by atoms with Crippen molar-refractivity contribution in [1.82, 2.24) is 16.0 Å². The first kappa shape index (κ1) is 14.8. The standard InChI is InChI=1S/C12H23N3O3/c1-2-13-6-3-7-14-12(18)15-10-5-4-9(8-10)11(16)17/h9-10,13H,2-8H2,1H3,(H,16,17)(H2,14,15,18)/t9-,10+/m1/s1. The Morgan fingerprint density at radius 3 is 2.67 bits per heavy atom. The van der Waals surface area contributed by atoms with Crippen LogP contribution in [0.3, 0.4) is 0 Å². The lowest BCUT2D eigenvalue weighted by molar-refractivity contribution is -0.141. The van der Waals surface area contributed by atoms with Crippen LogP contribution in [0, 0.1) is 5.92 Å². The first-order valence-corrected chi connectivity index (χ1v) is 6.61. The Morgan fingerprint density at radius 1 is 1.28 bits per heavy atom. The van der Waals surface area contributed by atoms with E-state index in [-0.39, 0.29) is 18.0 Å². The SMILES string of the molecule is CCNCCCNC(=O)N[C@H]1CC[C@@H](C(=O)O)C1. The Kier molecular flexibility index (Phi) is 6.49. The van der Waals surface area contributed by atoms with E-state index >= 15 is 0 Å². The molecule has 6 heteroatoms. The molecule has 18 heavy (non-hydrogen) atoms. The van der Waals surface area contributed by atoms with E-state index in [0.717, 1.165) is 25.9 Å². The maximum Gasteiger partial charge on any atom is 0.315 e. The van der Waals surface area contributed by atoms with Gasteiger partial charge in [-0.05, 0) is 38.8 Å². The molecule has 2 amide bonds. The number of nitrogens with one attached hydrogen (secondary N) is 3. The average molecular weight is 257 g/mol. The topological polar surface area (TPSA) is 90.5 Å². The predicted octanol–water partition coefficient (Wildman–Crippen LogP) is 0.539. The molecule has 1 aliphatic rings. The van der Waals surface area contributed by atoms with Crippen LogP contribution in [0.4, 0.5) is 4.79 Å². The number of hydrogen-bond acceptors (Lipinski definition) is 3. The van der Waals surface area contributed by atoms with Crippen LogP contribution < -0.4 is 16.0 Å². The molecule has 0 radical (unpaired) electrons. The molecule has 2 atom stereocenters. The van der Waals surface area contributed by atoms with Gasteiger partial charge in [-0.2, -0.15) is 0 Å². The first-order valence-electron chi connectivity index (χ1n) is 6.61. The third-order valence-electron chi connectivity index (χ3n) is 3.18. The summed E-state index contributed by atoms with van der Waals surface area (Å²) in [5, 5.41) is 17.6. The highest BCUT2D eigenvalue weighted by Gasteiger charge is 2.30. The van der Waals surface area contributed by atoms with E-state index in [1.54, 1.807) is 0 Å². The summed E-state index contributed by atoms with van der Waals surface area (Å²) in [7, 11) is 0. The van der Waals surface area contributed by atoms with Crippen LogP contribution in [-0.2, 0) is 4.79 Å². The number of carbonyl (C=O) groups is 2. The van der Waals surface area contributed by atoms with Gasteiger partial charge < -0.3 is 21.1 Å². The number of hydrogen-bond donors (Lipinski definition) is 4. The van der Waals surface area contributed by atoms with Gasteiger partial charge in [0.25, 0.3) is 0 Å². The molecule has 1 fully saturated rings. The molecule has 0 bridgehead atoms. The lowest BCUT2D eigenvalue weighted by Gasteiger charge is -2.13. The molecule has 0 spiro atoms. The number of carbonyl (C=O) groups excluding carboxylic acids is 1. The number of carboxylic acids is 1. The van der Waals surface area contributed by atoms with Crippen molar-refractivity contribution in [2.75, 3.05) is 19.6 Å². The minimum atomic E-state index is -0.759. The van der Waals surface area contributed by atoms with Gasteiger partial charge in [0, 0.05) is 12.6 Å². The van der Waals surface area contributed by atoms with Gasteiger partial charge in [0.1, 0.15) is 0 Å². The summed E-state index contributed by atoms with van der Waals surface area (Å²) in [5.41, 5.74) is 0. The Bertz CT molecular complexity index is 284. The number of carboxylic acid groups (broad SMARTS) is 1. The second-order valence-electron chi connectivity index (χ2n) is 4.65. The van der Waals surface area contributed by atoms with Crippen molar-refractivity contribution in [3.63, 3.8) is 0 Å². The van der Waals surface area contributed by atoms with Crippen molar-refractivity contribution >= 4 is 12.0 Å². The van der Waals surface area contributed by atoms with Crippen LogP contribution in [0.15, 0.2) is 0 Å². The molecule has 0 aliphatic heterocycles. The number of aliphatic carboxylic acids is 1. The van der Waals surface area contributed by atoms with Gasteiger partial charge in [-0.15, -0.1) is 0 Å². The molecule has 1 saturated carbocycles. The fourth-order valence-corrected chi connectivity index (χ4v) is 2.17. The summed E-state index contributed by atoms with van der Waals surface area (Å²) < 4.78 is 0. The van der Waals surface area contributed by atoms with Crippen molar-refractivity contribution < 1.29 is 14.7 Å². The highest BCUT2D eigenvalue weighted by atomic mass is 16.4. The molecule has 0 unspecified atom stereocenters. The van der Waals surface area contributed by atoms with Crippen molar-refractivity contribution in [3.8, 4) is 0 Å². The van der Waals surface area contributed by atoms with Gasteiger partial charge in [-0.25, -0.2) is 4.79 Å². The number of amides is 2. The normalized spacial score (nSPS) is 22.7. The van der Waals surface area contributed by atoms with Gasteiger partial charge in [-0.1, -0.05) is 6.92 Å². The monoisotopic (exact) mass is 257 g/mol. The number of urea groups is 1. The zero-order chi connectivity index (χ0) is 13.4. The Morgan fingerprint density at radius 2 is 2.06 bits per heavy atom. The van der Waals surface area contributed by atoms with E-state index in [1.165, 1.54) is 0 Å². The zero-order valence-corrected chi connectivity index (χ0v) is 10.9. The maximum atomic E-state index is 11.5. The third kappa shape index (κ3) is 5.35. The van der Waals surface area contributed by atoms with E-state index in [0.29, 0.717) is 19.4 Å². The molecule has 1 rings (SSSR count). The van der Waals surface area contributed by atoms with E-state index < -0.39 is 5.97 Å². The lowest BCUT2D eigenvalue weighted by Crippen LogP contribution is -2.42. The third-order valence-corrected chi connectivity index (χ3v) is 3.18. The molecule has 0 aromatic rings. The second kappa shape index (κ2) is 7.92. The van der Waals surface area contributed by atoms with E-state index in [4.69, 9.17) is 5.11 Å². The molecule has 0 aromatic heterocycles. The van der Waals surface area contributed by atoms with Gasteiger partial charge in [0.05, 0.1) is 5.92 Å². The summed E-state index contributed by atoms with van der Waals surface area (Å²) in [6, 6.07) is -0.192. The first-order chi connectivity index (χ1) is 8.63. The fourth-order valence-electron chi connectivity index (χ4n) is 2.17. The van der Waals surface area contributed by atoms with Crippen molar-refractivity contribution in [2.45, 2.75) is 38.6 Å². The lowest BCUT2D eigenvalue weighted by atomic mass is 10.1. The smallest absolute Gasteiger partial charge is 0.315 e. The van der Waals surface area contributed by atoms with Gasteiger partial charge in [-0.3, -0.25) is 4.79 Å². The van der Waals surface area contributed by atoms with E-state index in [1.807, 2.05) is 6.92 Å². The highest BCUT2D eigenvalue weighted by Crippen LogP contribution is 2.25. The summed E-state index contributed by atoms with van der Waals surface area (Å²) in [4.78, 5) is 22.3. The summed E-state index contributed by atoms with van der Waals surface area (Å²) in [6.45, 7) is 4.50. The Balaban J connectivity index is 2.08. The molecular formula is C12H23N3O3. The summed E-state index contributed by atoms with van der Waals surface area (Å²) in [5.74, 6) is -1.06. The molecule has 1 aliphatic carbocycles. The average Bonchev–Trinajstić information content (AvgIpc) is 2.77.